The maximum absolute atomic E-state index is 13.4. The molecule has 2 atom stereocenters. The van der Waals surface area contributed by atoms with Crippen molar-refractivity contribution in [1.82, 2.24) is 14.7 Å². The summed E-state index contributed by atoms with van der Waals surface area (Å²) in [4.78, 5) is 43.2. The second-order valence-corrected chi connectivity index (χ2v) is 11.4. The van der Waals surface area contributed by atoms with Gasteiger partial charge in [-0.25, -0.2) is 0 Å². The highest BCUT2D eigenvalue weighted by Gasteiger charge is 2.56. The average molecular weight is 462 g/mol. The highest BCUT2D eigenvalue weighted by Crippen LogP contribution is 2.51. The summed E-state index contributed by atoms with van der Waals surface area (Å²) < 4.78 is 0. The molecule has 2 aliphatic heterocycles. The van der Waals surface area contributed by atoms with Crippen LogP contribution in [0.25, 0.3) is 0 Å². The number of piperazine rings is 1. The van der Waals surface area contributed by atoms with Crippen molar-refractivity contribution in [2.24, 2.45) is 17.3 Å². The highest BCUT2D eigenvalue weighted by atomic mass is 16.3. The van der Waals surface area contributed by atoms with Gasteiger partial charge >= 0.3 is 0 Å². The molecule has 0 radical (unpaired) electrons. The summed E-state index contributed by atoms with van der Waals surface area (Å²) in [5.41, 5.74) is -1.30. The zero-order valence-electron chi connectivity index (χ0n) is 20.7. The van der Waals surface area contributed by atoms with Gasteiger partial charge in [-0.05, 0) is 31.6 Å². The molecule has 1 N–H and O–H groups in total. The number of carbonyl (C=O) groups is 3. The minimum absolute atomic E-state index is 0.0407. The summed E-state index contributed by atoms with van der Waals surface area (Å²) in [6.45, 7) is 6.16. The van der Waals surface area contributed by atoms with Crippen LogP contribution >= 0.6 is 0 Å². The molecule has 4 rings (SSSR count). The molecule has 0 aromatic carbocycles. The van der Waals surface area contributed by atoms with E-state index in [1.165, 1.54) is 39.0 Å². The van der Waals surface area contributed by atoms with Gasteiger partial charge in [-0.15, -0.1) is 0 Å². The maximum Gasteiger partial charge on any atom is 0.242 e. The van der Waals surface area contributed by atoms with Crippen molar-refractivity contribution < 1.29 is 19.5 Å². The van der Waals surface area contributed by atoms with E-state index in [4.69, 9.17) is 0 Å². The molecule has 7 nitrogen and oxygen atoms in total. The van der Waals surface area contributed by atoms with Crippen molar-refractivity contribution in [1.29, 1.82) is 0 Å². The lowest BCUT2D eigenvalue weighted by atomic mass is 9.65. The van der Waals surface area contributed by atoms with E-state index in [0.717, 1.165) is 32.1 Å². The van der Waals surface area contributed by atoms with Gasteiger partial charge in [0, 0.05) is 44.4 Å². The number of carbonyl (C=O) groups excluding carboxylic acids is 3. The van der Waals surface area contributed by atoms with E-state index < -0.39 is 5.60 Å². The minimum atomic E-state index is -0.971. The van der Waals surface area contributed by atoms with Gasteiger partial charge in [0.15, 0.2) is 0 Å². The zero-order valence-corrected chi connectivity index (χ0v) is 20.7. The van der Waals surface area contributed by atoms with Crippen molar-refractivity contribution in [2.45, 2.75) is 90.1 Å². The molecule has 2 saturated heterocycles. The first-order valence-electron chi connectivity index (χ1n) is 13.3. The first-order chi connectivity index (χ1) is 15.7. The molecular formula is C26H43N3O4. The molecule has 2 heterocycles. The molecule has 1 unspecified atom stereocenters. The van der Waals surface area contributed by atoms with Crippen molar-refractivity contribution in [2.75, 3.05) is 39.3 Å². The highest BCUT2D eigenvalue weighted by molar-refractivity contribution is 5.85. The number of nitrogens with zero attached hydrogens (tertiary/aromatic N) is 3. The number of β-amino-alcohol motifs (C(OH)–C–C–N with tert-alkyl or cyclic N) is 1. The van der Waals surface area contributed by atoms with Gasteiger partial charge in [0.25, 0.3) is 0 Å². The van der Waals surface area contributed by atoms with E-state index in [9.17, 15) is 19.5 Å². The molecule has 1 spiro atoms. The van der Waals surface area contributed by atoms with E-state index in [1.807, 2.05) is 4.90 Å². The van der Waals surface area contributed by atoms with Gasteiger partial charge in [-0.2, -0.15) is 0 Å². The normalized spacial score (nSPS) is 29.5. The fraction of sp³-hybridized carbons (Fsp3) is 0.885. The lowest BCUT2D eigenvalue weighted by Crippen LogP contribution is -2.66. The summed E-state index contributed by atoms with van der Waals surface area (Å²) >= 11 is 0. The lowest BCUT2D eigenvalue weighted by Gasteiger charge is -2.54. The molecular weight excluding hydrogens is 418 g/mol. The fourth-order valence-corrected chi connectivity index (χ4v) is 7.08. The first kappa shape index (κ1) is 24.5. The van der Waals surface area contributed by atoms with Crippen LogP contribution in [0, 0.1) is 17.3 Å². The monoisotopic (exact) mass is 461 g/mol. The van der Waals surface area contributed by atoms with Crippen LogP contribution in [0.3, 0.4) is 0 Å². The molecule has 2 saturated carbocycles. The number of likely N-dealkylation sites (tertiary alicyclic amines) is 1. The van der Waals surface area contributed by atoms with E-state index >= 15 is 0 Å². The average Bonchev–Trinajstić information content (AvgIpc) is 3.27. The number of aliphatic hydroxyl groups is 1. The van der Waals surface area contributed by atoms with Crippen LogP contribution < -0.4 is 0 Å². The Morgan fingerprint density at radius 1 is 1.00 bits per heavy atom. The minimum Gasteiger partial charge on any atom is -0.387 e. The molecule has 186 valence electrons. The quantitative estimate of drug-likeness (QED) is 0.683. The van der Waals surface area contributed by atoms with Gasteiger partial charge in [-0.3, -0.25) is 14.4 Å². The Balaban J connectivity index is 1.41. The smallest absolute Gasteiger partial charge is 0.242 e. The molecule has 0 bridgehead atoms. The van der Waals surface area contributed by atoms with Gasteiger partial charge in [0.05, 0.1) is 18.7 Å². The predicted molar refractivity (Wildman–Crippen MR) is 126 cm³/mol. The number of hydrogen-bond donors (Lipinski definition) is 1. The third-order valence-electron chi connectivity index (χ3n) is 9.20. The van der Waals surface area contributed by atoms with E-state index in [2.05, 4.69) is 6.92 Å². The molecule has 7 heteroatoms. The summed E-state index contributed by atoms with van der Waals surface area (Å²) in [6.07, 6.45) is 11.9. The number of piperidine rings is 1. The van der Waals surface area contributed by atoms with Crippen LogP contribution in [0.2, 0.25) is 0 Å². The second kappa shape index (κ2) is 9.93. The van der Waals surface area contributed by atoms with Crippen LogP contribution in [0.5, 0.6) is 0 Å². The molecule has 2 aliphatic carbocycles. The van der Waals surface area contributed by atoms with Crippen molar-refractivity contribution in [3.05, 3.63) is 0 Å². The second-order valence-electron chi connectivity index (χ2n) is 11.4. The number of rotatable bonds is 5. The predicted octanol–water partition coefficient (Wildman–Crippen LogP) is 2.81. The largest absolute Gasteiger partial charge is 0.387 e. The molecule has 0 aromatic rings. The number of hydrogen-bond acceptors (Lipinski definition) is 4. The molecule has 4 fully saturated rings. The summed E-state index contributed by atoms with van der Waals surface area (Å²) in [5.74, 6) is 0.805. The standard InChI is InChI=1S/C26H43N3O4/c1-20(16-22-8-4-3-5-9-22)24(32)29-13-12-26(33,25(18-29)10-6-7-11-25)19-28-15-14-27(21(2)30)17-23(28)31/h20,22,33H,3-19H2,1-2H3/t20-,26?/m1/s1. The Morgan fingerprint density at radius 2 is 1.70 bits per heavy atom. The maximum atomic E-state index is 13.4. The third kappa shape index (κ3) is 5.08. The fourth-order valence-electron chi connectivity index (χ4n) is 7.08. The number of amides is 3. The SMILES string of the molecule is CC(=O)N1CCN(CC2(O)CCN(C(=O)[C@H](C)CC3CCCCC3)CC23CCCC3)C(=O)C1. The first-order valence-corrected chi connectivity index (χ1v) is 13.3. The van der Waals surface area contributed by atoms with Crippen molar-refractivity contribution in [3.8, 4) is 0 Å². The Morgan fingerprint density at radius 3 is 2.33 bits per heavy atom. The van der Waals surface area contributed by atoms with Crippen LogP contribution in [0.1, 0.15) is 84.5 Å². The van der Waals surface area contributed by atoms with Crippen molar-refractivity contribution >= 4 is 17.7 Å². The van der Waals surface area contributed by atoms with E-state index in [1.54, 1.807) is 9.80 Å². The zero-order chi connectivity index (χ0) is 23.6. The van der Waals surface area contributed by atoms with E-state index in [-0.39, 0.29) is 35.6 Å². The summed E-state index contributed by atoms with van der Waals surface area (Å²) in [5, 5.41) is 12.0. The van der Waals surface area contributed by atoms with Crippen LogP contribution in [-0.4, -0.2) is 82.4 Å². The van der Waals surface area contributed by atoms with Crippen LogP contribution in [-0.2, 0) is 14.4 Å². The van der Waals surface area contributed by atoms with Gasteiger partial charge in [0.1, 0.15) is 0 Å². The molecule has 3 amide bonds. The van der Waals surface area contributed by atoms with Crippen molar-refractivity contribution in [3.63, 3.8) is 0 Å². The van der Waals surface area contributed by atoms with Gasteiger partial charge in [0.2, 0.25) is 17.7 Å². The van der Waals surface area contributed by atoms with Crippen LogP contribution in [0.4, 0.5) is 0 Å². The molecule has 33 heavy (non-hydrogen) atoms. The Hall–Kier alpha value is -1.63. The van der Waals surface area contributed by atoms with Gasteiger partial charge in [-0.1, -0.05) is 51.9 Å². The lowest BCUT2D eigenvalue weighted by molar-refractivity contribution is -0.172. The summed E-state index contributed by atoms with van der Waals surface area (Å²) in [7, 11) is 0. The Labute approximate surface area is 198 Å². The van der Waals surface area contributed by atoms with Gasteiger partial charge < -0.3 is 19.8 Å². The Bertz CT molecular complexity index is 744. The Kier molecular flexibility index (Phi) is 7.37. The van der Waals surface area contributed by atoms with E-state index in [0.29, 0.717) is 45.1 Å². The summed E-state index contributed by atoms with van der Waals surface area (Å²) in [6, 6.07) is 0. The third-order valence-corrected chi connectivity index (χ3v) is 9.20. The van der Waals surface area contributed by atoms with Crippen LogP contribution in [0.15, 0.2) is 0 Å². The molecule has 4 aliphatic rings. The topological polar surface area (TPSA) is 81.2 Å². The molecule has 0 aromatic heterocycles.